The van der Waals surface area contributed by atoms with E-state index in [0.29, 0.717) is 6.04 Å². The first kappa shape index (κ1) is 24.4. The molecule has 8 heteroatoms. The van der Waals surface area contributed by atoms with E-state index in [9.17, 15) is 0 Å². The molecule has 1 atom stereocenters. The molecule has 4 heterocycles. The van der Waals surface area contributed by atoms with Crippen molar-refractivity contribution in [2.24, 2.45) is 0 Å². The van der Waals surface area contributed by atoms with Crippen LogP contribution < -0.4 is 9.80 Å². The largest absolute Gasteiger partial charge is 0.385 e. The number of aromatic nitrogens is 2. The Bertz CT molecular complexity index is 941. The van der Waals surface area contributed by atoms with E-state index in [1.54, 1.807) is 7.11 Å². The standard InChI is InChI=1S/C27H40N6O2/c1-30-11-13-32(14-12-30)24-6-4-22(5-7-24)26-28-21-23-20-25(8-17-34-2)33(27(23)29-26)10-3-9-31-15-18-35-19-16-31/h4-7,21,25H,3,8-20H2,1-2H3. The minimum Gasteiger partial charge on any atom is -0.385 e. The van der Waals surface area contributed by atoms with E-state index in [0.717, 1.165) is 109 Å². The Morgan fingerprint density at radius 2 is 1.77 bits per heavy atom. The van der Waals surface area contributed by atoms with Gasteiger partial charge >= 0.3 is 0 Å². The summed E-state index contributed by atoms with van der Waals surface area (Å²) in [5.41, 5.74) is 3.63. The summed E-state index contributed by atoms with van der Waals surface area (Å²) in [5, 5.41) is 0. The summed E-state index contributed by atoms with van der Waals surface area (Å²) in [6, 6.07) is 9.22. The molecule has 3 aliphatic rings. The summed E-state index contributed by atoms with van der Waals surface area (Å²) in [4.78, 5) is 19.7. The summed E-state index contributed by atoms with van der Waals surface area (Å²) in [7, 11) is 3.98. The lowest BCUT2D eigenvalue weighted by Gasteiger charge is -2.34. The molecule has 0 saturated carbocycles. The van der Waals surface area contributed by atoms with E-state index in [4.69, 9.17) is 19.4 Å². The van der Waals surface area contributed by atoms with Crippen molar-refractivity contribution in [3.8, 4) is 11.4 Å². The second-order valence-electron chi connectivity index (χ2n) is 10.0. The van der Waals surface area contributed by atoms with Gasteiger partial charge in [-0.2, -0.15) is 0 Å². The van der Waals surface area contributed by atoms with E-state index in [1.165, 1.54) is 11.3 Å². The van der Waals surface area contributed by atoms with Gasteiger partial charge in [-0.15, -0.1) is 0 Å². The molecule has 0 bridgehead atoms. The van der Waals surface area contributed by atoms with E-state index in [1.807, 2.05) is 6.20 Å². The lowest BCUT2D eigenvalue weighted by atomic mass is 10.1. The number of hydrogen-bond acceptors (Lipinski definition) is 8. The lowest BCUT2D eigenvalue weighted by molar-refractivity contribution is 0.0376. The molecule has 0 radical (unpaired) electrons. The minimum atomic E-state index is 0.429. The fourth-order valence-corrected chi connectivity index (χ4v) is 5.44. The molecule has 0 N–H and O–H groups in total. The molecule has 2 saturated heterocycles. The van der Waals surface area contributed by atoms with Crippen molar-refractivity contribution >= 4 is 11.5 Å². The average molecular weight is 481 g/mol. The molecule has 2 fully saturated rings. The van der Waals surface area contributed by atoms with Crippen LogP contribution in [0.2, 0.25) is 0 Å². The fourth-order valence-electron chi connectivity index (χ4n) is 5.44. The number of hydrogen-bond donors (Lipinski definition) is 0. The fraction of sp³-hybridized carbons (Fsp3) is 0.630. The molecule has 3 aliphatic heterocycles. The summed E-state index contributed by atoms with van der Waals surface area (Å²) in [5.74, 6) is 1.93. The Labute approximate surface area is 209 Å². The normalized spacial score (nSPS) is 21.5. The van der Waals surface area contributed by atoms with Crippen LogP contribution in [0.1, 0.15) is 18.4 Å². The average Bonchev–Trinajstić information content (AvgIpc) is 3.25. The van der Waals surface area contributed by atoms with Gasteiger partial charge in [0.2, 0.25) is 0 Å². The number of nitrogens with zero attached hydrogens (tertiary/aromatic N) is 6. The first-order valence-corrected chi connectivity index (χ1v) is 13.2. The predicted molar refractivity (Wildman–Crippen MR) is 140 cm³/mol. The molecule has 35 heavy (non-hydrogen) atoms. The number of piperazine rings is 1. The number of fused-ring (bicyclic) bond motifs is 1. The Morgan fingerprint density at radius 3 is 2.51 bits per heavy atom. The lowest BCUT2D eigenvalue weighted by Crippen LogP contribution is -2.44. The highest BCUT2D eigenvalue weighted by Crippen LogP contribution is 2.33. The van der Waals surface area contributed by atoms with Crippen molar-refractivity contribution < 1.29 is 9.47 Å². The third-order valence-electron chi connectivity index (χ3n) is 7.64. The summed E-state index contributed by atoms with van der Waals surface area (Å²) in [6.07, 6.45) is 5.19. The zero-order chi connectivity index (χ0) is 24.0. The molecule has 1 aromatic carbocycles. The Morgan fingerprint density at radius 1 is 1.00 bits per heavy atom. The molecule has 1 unspecified atom stereocenters. The predicted octanol–water partition coefficient (Wildman–Crippen LogP) is 2.39. The smallest absolute Gasteiger partial charge is 0.161 e. The van der Waals surface area contributed by atoms with E-state index in [2.05, 4.69) is 50.9 Å². The second-order valence-corrected chi connectivity index (χ2v) is 10.0. The quantitative estimate of drug-likeness (QED) is 0.542. The van der Waals surface area contributed by atoms with Gasteiger partial charge in [-0.1, -0.05) is 0 Å². The molecule has 8 nitrogen and oxygen atoms in total. The van der Waals surface area contributed by atoms with Gasteiger partial charge in [-0.05, 0) is 50.6 Å². The van der Waals surface area contributed by atoms with Crippen LogP contribution in [-0.4, -0.2) is 112 Å². The van der Waals surface area contributed by atoms with Crippen molar-refractivity contribution in [2.45, 2.75) is 25.3 Å². The van der Waals surface area contributed by atoms with Crippen LogP contribution in [0.3, 0.4) is 0 Å². The van der Waals surface area contributed by atoms with Gasteiger partial charge in [0, 0.05) is 95.1 Å². The molecular weight excluding hydrogens is 440 g/mol. The van der Waals surface area contributed by atoms with Gasteiger partial charge in [0.15, 0.2) is 5.82 Å². The molecule has 0 amide bonds. The molecule has 0 aliphatic carbocycles. The van der Waals surface area contributed by atoms with Gasteiger partial charge in [0.1, 0.15) is 5.82 Å². The number of morpholine rings is 1. The highest BCUT2D eigenvalue weighted by atomic mass is 16.5. The minimum absolute atomic E-state index is 0.429. The van der Waals surface area contributed by atoms with Crippen LogP contribution >= 0.6 is 0 Å². The van der Waals surface area contributed by atoms with E-state index >= 15 is 0 Å². The number of benzene rings is 1. The first-order valence-electron chi connectivity index (χ1n) is 13.2. The molecule has 1 aromatic heterocycles. The van der Waals surface area contributed by atoms with Crippen LogP contribution in [0.15, 0.2) is 30.5 Å². The number of rotatable bonds is 9. The van der Waals surface area contributed by atoms with Crippen LogP contribution in [0.5, 0.6) is 0 Å². The van der Waals surface area contributed by atoms with Crippen LogP contribution in [-0.2, 0) is 15.9 Å². The maximum absolute atomic E-state index is 5.50. The van der Waals surface area contributed by atoms with Crippen molar-refractivity contribution in [2.75, 3.05) is 96.1 Å². The second kappa shape index (κ2) is 11.6. The Kier molecular flexibility index (Phi) is 8.13. The molecular formula is C27H40N6O2. The van der Waals surface area contributed by atoms with E-state index < -0.39 is 0 Å². The summed E-state index contributed by atoms with van der Waals surface area (Å²) >= 11 is 0. The highest BCUT2D eigenvalue weighted by molar-refractivity contribution is 5.64. The third kappa shape index (κ3) is 5.94. The summed E-state index contributed by atoms with van der Waals surface area (Å²) < 4.78 is 10.9. The highest BCUT2D eigenvalue weighted by Gasteiger charge is 2.31. The SMILES string of the molecule is COCCC1Cc2cnc(-c3ccc(N4CCN(C)CC4)cc3)nc2N1CCCN1CCOCC1. The maximum atomic E-state index is 5.50. The van der Waals surface area contributed by atoms with Gasteiger partial charge in [-0.3, -0.25) is 4.90 Å². The molecule has 0 spiro atoms. The van der Waals surface area contributed by atoms with Crippen molar-refractivity contribution in [1.29, 1.82) is 0 Å². The number of likely N-dealkylation sites (N-methyl/N-ethyl adjacent to an activating group) is 1. The molecule has 5 rings (SSSR count). The van der Waals surface area contributed by atoms with Crippen LogP contribution in [0, 0.1) is 0 Å². The molecule has 190 valence electrons. The number of methoxy groups -OCH3 is 1. The zero-order valence-corrected chi connectivity index (χ0v) is 21.4. The summed E-state index contributed by atoms with van der Waals surface area (Å²) in [6.45, 7) is 11.1. The van der Waals surface area contributed by atoms with Crippen molar-refractivity contribution in [1.82, 2.24) is 19.8 Å². The Hall–Kier alpha value is -2.26. The van der Waals surface area contributed by atoms with Crippen LogP contribution in [0.25, 0.3) is 11.4 Å². The topological polar surface area (TPSA) is 57.2 Å². The van der Waals surface area contributed by atoms with Gasteiger partial charge in [-0.25, -0.2) is 9.97 Å². The van der Waals surface area contributed by atoms with Crippen molar-refractivity contribution in [3.05, 3.63) is 36.0 Å². The van der Waals surface area contributed by atoms with Crippen LogP contribution in [0.4, 0.5) is 11.5 Å². The first-order chi connectivity index (χ1) is 17.2. The maximum Gasteiger partial charge on any atom is 0.161 e. The van der Waals surface area contributed by atoms with Gasteiger partial charge in [0.25, 0.3) is 0 Å². The number of ether oxygens (including phenoxy) is 2. The van der Waals surface area contributed by atoms with E-state index in [-0.39, 0.29) is 0 Å². The molecule has 2 aromatic rings. The van der Waals surface area contributed by atoms with Crippen molar-refractivity contribution in [3.63, 3.8) is 0 Å². The third-order valence-corrected chi connectivity index (χ3v) is 7.64. The Balaban J connectivity index is 1.28. The van der Waals surface area contributed by atoms with Gasteiger partial charge in [0.05, 0.1) is 13.2 Å². The van der Waals surface area contributed by atoms with Gasteiger partial charge < -0.3 is 24.2 Å². The zero-order valence-electron chi connectivity index (χ0n) is 21.4. The monoisotopic (exact) mass is 480 g/mol. The number of anilines is 2.